The molecule has 1 aromatic carbocycles. The number of carbonyl (C=O) groups is 2. The molecule has 3 aromatic rings. The van der Waals surface area contributed by atoms with E-state index in [1.165, 1.54) is 0 Å². The summed E-state index contributed by atoms with van der Waals surface area (Å²) in [6.07, 6.45) is 0. The Balaban J connectivity index is 1.92. The molecule has 0 amide bonds. The fraction of sp³-hybridized carbons (Fsp3) is 0.250. The van der Waals surface area contributed by atoms with E-state index in [0.717, 1.165) is 10.6 Å². The van der Waals surface area contributed by atoms with Crippen LogP contribution >= 0.6 is 11.3 Å². The van der Waals surface area contributed by atoms with Crippen molar-refractivity contribution in [3.8, 4) is 16.3 Å². The van der Waals surface area contributed by atoms with Crippen molar-refractivity contribution < 1.29 is 14.3 Å². The van der Waals surface area contributed by atoms with Crippen molar-refractivity contribution in [2.45, 2.75) is 20.8 Å². The van der Waals surface area contributed by atoms with Gasteiger partial charge in [-0.15, -0.1) is 11.3 Å². The minimum Gasteiger partial charge on any atom is -0.453 e. The molecule has 134 valence electrons. The van der Waals surface area contributed by atoms with Gasteiger partial charge in [0.2, 0.25) is 0 Å². The lowest BCUT2D eigenvalue weighted by Crippen LogP contribution is -2.27. The standard InChI is InChI=1S/C20H20N2O3S/c1-20(2,3)18(23)13-25-19(24)16-12-15(17-10-7-11-26-17)21-22(16)14-8-5-4-6-9-14/h4-12H,13H2,1-3H3. The summed E-state index contributed by atoms with van der Waals surface area (Å²) in [6.45, 7) is 5.14. The summed E-state index contributed by atoms with van der Waals surface area (Å²) in [4.78, 5) is 25.6. The van der Waals surface area contributed by atoms with Gasteiger partial charge >= 0.3 is 5.97 Å². The van der Waals surface area contributed by atoms with Gasteiger partial charge in [0, 0.05) is 11.5 Å². The van der Waals surface area contributed by atoms with E-state index in [0.29, 0.717) is 11.4 Å². The van der Waals surface area contributed by atoms with E-state index in [1.807, 2.05) is 47.8 Å². The van der Waals surface area contributed by atoms with Gasteiger partial charge < -0.3 is 4.74 Å². The van der Waals surface area contributed by atoms with Gasteiger partial charge in [-0.1, -0.05) is 45.0 Å². The number of ether oxygens (including phenoxy) is 1. The van der Waals surface area contributed by atoms with Gasteiger partial charge in [-0.05, 0) is 23.6 Å². The van der Waals surface area contributed by atoms with Gasteiger partial charge in [-0.25, -0.2) is 9.48 Å². The Kier molecular flexibility index (Phi) is 5.04. The summed E-state index contributed by atoms with van der Waals surface area (Å²) in [5, 5.41) is 6.52. The Hall–Kier alpha value is -2.73. The van der Waals surface area contributed by atoms with E-state index in [1.54, 1.807) is 42.9 Å². The molecule has 0 atom stereocenters. The van der Waals surface area contributed by atoms with Crippen molar-refractivity contribution in [3.05, 3.63) is 59.6 Å². The van der Waals surface area contributed by atoms with Crippen molar-refractivity contribution >= 4 is 23.1 Å². The van der Waals surface area contributed by atoms with Crippen LogP contribution in [-0.4, -0.2) is 28.1 Å². The average Bonchev–Trinajstić information content (AvgIpc) is 3.28. The van der Waals surface area contributed by atoms with E-state index >= 15 is 0 Å². The molecule has 5 nitrogen and oxygen atoms in total. The fourth-order valence-electron chi connectivity index (χ4n) is 2.26. The highest BCUT2D eigenvalue weighted by molar-refractivity contribution is 7.13. The number of aromatic nitrogens is 2. The van der Waals surface area contributed by atoms with Crippen LogP contribution in [0.3, 0.4) is 0 Å². The predicted molar refractivity (Wildman–Crippen MR) is 102 cm³/mol. The lowest BCUT2D eigenvalue weighted by Gasteiger charge is -2.16. The summed E-state index contributed by atoms with van der Waals surface area (Å²) in [5.41, 5.74) is 1.19. The number of hydrogen-bond acceptors (Lipinski definition) is 5. The molecule has 2 aromatic heterocycles. The van der Waals surface area contributed by atoms with Crippen LogP contribution in [0.4, 0.5) is 0 Å². The number of Topliss-reactive ketones (excluding diaryl/α,β-unsaturated/α-hetero) is 1. The molecule has 0 unspecified atom stereocenters. The molecule has 0 aliphatic rings. The summed E-state index contributed by atoms with van der Waals surface area (Å²) in [7, 11) is 0. The van der Waals surface area contributed by atoms with Gasteiger partial charge in [0.15, 0.2) is 18.1 Å². The molecule has 0 fully saturated rings. The SMILES string of the molecule is CC(C)(C)C(=O)COC(=O)c1cc(-c2cccs2)nn1-c1ccccc1. The number of nitrogens with zero attached hydrogens (tertiary/aromatic N) is 2. The smallest absolute Gasteiger partial charge is 0.357 e. The van der Waals surface area contributed by atoms with Gasteiger partial charge in [0.1, 0.15) is 5.69 Å². The molecule has 0 bridgehead atoms. The highest BCUT2D eigenvalue weighted by Crippen LogP contribution is 2.26. The first-order chi connectivity index (χ1) is 12.4. The Morgan fingerprint density at radius 3 is 2.46 bits per heavy atom. The van der Waals surface area contributed by atoms with E-state index in [9.17, 15) is 9.59 Å². The number of thiophene rings is 1. The van der Waals surface area contributed by atoms with Crippen LogP contribution < -0.4 is 0 Å². The van der Waals surface area contributed by atoms with Crippen LogP contribution in [0.25, 0.3) is 16.3 Å². The van der Waals surface area contributed by atoms with E-state index in [4.69, 9.17) is 4.74 Å². The zero-order valence-electron chi connectivity index (χ0n) is 14.9. The first kappa shape index (κ1) is 18.1. The van der Waals surface area contributed by atoms with Crippen LogP contribution in [0.2, 0.25) is 0 Å². The number of ketones is 1. The number of esters is 1. The van der Waals surface area contributed by atoms with Gasteiger partial charge in [-0.3, -0.25) is 4.79 Å². The molecular weight excluding hydrogens is 348 g/mol. The van der Waals surface area contributed by atoms with Crippen molar-refractivity contribution in [1.29, 1.82) is 0 Å². The zero-order chi connectivity index (χ0) is 18.7. The molecule has 2 heterocycles. The Bertz CT molecular complexity index is 906. The largest absolute Gasteiger partial charge is 0.453 e. The van der Waals surface area contributed by atoms with Crippen molar-refractivity contribution in [2.75, 3.05) is 6.61 Å². The molecule has 3 rings (SSSR count). The van der Waals surface area contributed by atoms with Crippen molar-refractivity contribution in [1.82, 2.24) is 9.78 Å². The minimum absolute atomic E-state index is 0.130. The minimum atomic E-state index is -0.568. The molecular formula is C20H20N2O3S. The molecule has 0 spiro atoms. The lowest BCUT2D eigenvalue weighted by molar-refractivity contribution is -0.129. The maximum absolute atomic E-state index is 12.6. The molecule has 0 aliphatic carbocycles. The maximum Gasteiger partial charge on any atom is 0.357 e. The van der Waals surface area contributed by atoms with Crippen LogP contribution in [0.5, 0.6) is 0 Å². The summed E-state index contributed by atoms with van der Waals surface area (Å²) >= 11 is 1.54. The van der Waals surface area contributed by atoms with Crippen LogP contribution in [0.15, 0.2) is 53.9 Å². The number of rotatable bonds is 5. The molecule has 26 heavy (non-hydrogen) atoms. The second kappa shape index (κ2) is 7.25. The quantitative estimate of drug-likeness (QED) is 0.627. The monoisotopic (exact) mass is 368 g/mol. The first-order valence-electron chi connectivity index (χ1n) is 8.26. The summed E-state index contributed by atoms with van der Waals surface area (Å²) in [5.74, 6) is -0.697. The van der Waals surface area contributed by atoms with Gasteiger partial charge in [0.25, 0.3) is 0 Å². The van der Waals surface area contributed by atoms with Crippen molar-refractivity contribution in [2.24, 2.45) is 5.41 Å². The molecule has 0 saturated heterocycles. The van der Waals surface area contributed by atoms with Crippen LogP contribution in [0, 0.1) is 5.41 Å². The van der Waals surface area contributed by atoms with Crippen LogP contribution in [-0.2, 0) is 9.53 Å². The highest BCUT2D eigenvalue weighted by atomic mass is 32.1. The molecule has 0 aliphatic heterocycles. The number of benzene rings is 1. The van der Waals surface area contributed by atoms with E-state index in [2.05, 4.69) is 5.10 Å². The predicted octanol–water partition coefficient (Wildman–Crippen LogP) is 4.37. The molecule has 6 heteroatoms. The summed E-state index contributed by atoms with van der Waals surface area (Å²) < 4.78 is 6.82. The number of hydrogen-bond donors (Lipinski definition) is 0. The first-order valence-corrected chi connectivity index (χ1v) is 9.14. The zero-order valence-corrected chi connectivity index (χ0v) is 15.7. The summed E-state index contributed by atoms with van der Waals surface area (Å²) in [6, 6.07) is 14.9. The molecule has 0 saturated carbocycles. The second-order valence-electron chi connectivity index (χ2n) is 6.89. The Morgan fingerprint density at radius 1 is 1.12 bits per heavy atom. The lowest BCUT2D eigenvalue weighted by atomic mass is 9.91. The Labute approximate surface area is 156 Å². The van der Waals surface area contributed by atoms with Gasteiger partial charge in [-0.2, -0.15) is 5.10 Å². The molecule has 0 radical (unpaired) electrons. The van der Waals surface area contributed by atoms with Crippen molar-refractivity contribution in [3.63, 3.8) is 0 Å². The topological polar surface area (TPSA) is 61.2 Å². The number of para-hydroxylation sites is 1. The third-order valence-electron chi connectivity index (χ3n) is 3.86. The fourth-order valence-corrected chi connectivity index (χ4v) is 2.94. The maximum atomic E-state index is 12.6. The number of carbonyl (C=O) groups excluding carboxylic acids is 2. The average molecular weight is 368 g/mol. The van der Waals surface area contributed by atoms with E-state index < -0.39 is 11.4 Å². The highest BCUT2D eigenvalue weighted by Gasteiger charge is 2.25. The second-order valence-corrected chi connectivity index (χ2v) is 7.84. The molecule has 0 N–H and O–H groups in total. The van der Waals surface area contributed by atoms with Crippen LogP contribution in [0.1, 0.15) is 31.3 Å². The van der Waals surface area contributed by atoms with Gasteiger partial charge in [0.05, 0.1) is 10.6 Å². The van der Waals surface area contributed by atoms with E-state index in [-0.39, 0.29) is 12.4 Å². The normalized spacial score (nSPS) is 11.3. The third-order valence-corrected chi connectivity index (χ3v) is 4.76. The third kappa shape index (κ3) is 3.91. The Morgan fingerprint density at radius 2 is 1.85 bits per heavy atom.